The van der Waals surface area contributed by atoms with Crippen molar-refractivity contribution in [3.05, 3.63) is 89.5 Å². The van der Waals surface area contributed by atoms with Crippen LogP contribution in [0.4, 0.5) is 13.2 Å². The lowest BCUT2D eigenvalue weighted by atomic mass is 9.87. The molecule has 9 heteroatoms. The minimum Gasteiger partial charge on any atom is -0.351 e. The third-order valence-electron chi connectivity index (χ3n) is 6.34. The van der Waals surface area contributed by atoms with Gasteiger partial charge in [-0.25, -0.2) is 13.1 Å². The van der Waals surface area contributed by atoms with Gasteiger partial charge < -0.3 is 5.32 Å². The van der Waals surface area contributed by atoms with Crippen molar-refractivity contribution < 1.29 is 26.4 Å². The van der Waals surface area contributed by atoms with Crippen molar-refractivity contribution in [2.45, 2.75) is 49.2 Å². The molecule has 1 aliphatic rings. The third-order valence-corrected chi connectivity index (χ3v) is 7.84. The molecule has 0 saturated heterocycles. The summed E-state index contributed by atoms with van der Waals surface area (Å²) in [4.78, 5) is 13.6. The number of carbonyl (C=O) groups is 1. The Labute approximate surface area is 208 Å². The maximum absolute atomic E-state index is 13.5. The van der Waals surface area contributed by atoms with Crippen molar-refractivity contribution in [2.24, 2.45) is 0 Å². The summed E-state index contributed by atoms with van der Waals surface area (Å²) in [5.41, 5.74) is 0.612. The van der Waals surface area contributed by atoms with Crippen LogP contribution in [0.1, 0.15) is 42.9 Å². The third kappa shape index (κ3) is 5.32. The normalized spacial score (nSPS) is 14.9. The number of rotatable bonds is 9. The van der Waals surface area contributed by atoms with Crippen LogP contribution in [0, 0.1) is 0 Å². The predicted molar refractivity (Wildman–Crippen MR) is 132 cm³/mol. The van der Waals surface area contributed by atoms with E-state index >= 15 is 0 Å². The van der Waals surface area contributed by atoms with E-state index in [0.29, 0.717) is 36.0 Å². The number of hydrogen-bond acceptors (Lipinski definition) is 3. The average Bonchev–Trinajstić information content (AvgIpc) is 3.68. The SMILES string of the molecule is CCCNS(=O)(=O)c1cccc(-c2ccccc2)c1C1(C(=O)NCc2ccc(C(F)(F)F)cc2)CC1. The highest BCUT2D eigenvalue weighted by atomic mass is 32.2. The minimum absolute atomic E-state index is 0.0302. The van der Waals surface area contributed by atoms with Crippen molar-refractivity contribution in [1.82, 2.24) is 10.0 Å². The molecule has 0 unspecified atom stereocenters. The van der Waals surface area contributed by atoms with Crippen LogP contribution in [0.15, 0.2) is 77.7 Å². The molecule has 0 radical (unpaired) electrons. The van der Waals surface area contributed by atoms with E-state index < -0.39 is 27.2 Å². The van der Waals surface area contributed by atoms with E-state index in [4.69, 9.17) is 0 Å². The van der Waals surface area contributed by atoms with Gasteiger partial charge in [0.25, 0.3) is 0 Å². The summed E-state index contributed by atoms with van der Waals surface area (Å²) in [6.07, 6.45) is -2.89. The summed E-state index contributed by atoms with van der Waals surface area (Å²) in [5, 5.41) is 2.82. The van der Waals surface area contributed by atoms with Crippen LogP contribution in [-0.2, 0) is 33.0 Å². The number of amides is 1. The zero-order valence-corrected chi connectivity index (χ0v) is 20.5. The van der Waals surface area contributed by atoms with Crippen molar-refractivity contribution in [3.8, 4) is 11.1 Å². The summed E-state index contributed by atoms with van der Waals surface area (Å²) in [7, 11) is -3.88. The van der Waals surface area contributed by atoms with Crippen LogP contribution in [0.5, 0.6) is 0 Å². The number of halogens is 3. The highest BCUT2D eigenvalue weighted by Crippen LogP contribution is 2.53. The molecule has 5 nitrogen and oxygen atoms in total. The van der Waals surface area contributed by atoms with Crippen molar-refractivity contribution in [1.29, 1.82) is 0 Å². The molecule has 4 rings (SSSR count). The second kappa shape index (κ2) is 10.1. The fraction of sp³-hybridized carbons (Fsp3) is 0.296. The number of nitrogens with one attached hydrogen (secondary N) is 2. The van der Waals surface area contributed by atoms with Crippen molar-refractivity contribution in [2.75, 3.05) is 6.54 Å². The van der Waals surface area contributed by atoms with Crippen molar-refractivity contribution in [3.63, 3.8) is 0 Å². The van der Waals surface area contributed by atoms with Crippen molar-refractivity contribution >= 4 is 15.9 Å². The molecule has 1 fully saturated rings. The second-order valence-corrected chi connectivity index (χ2v) is 10.6. The second-order valence-electron chi connectivity index (χ2n) is 8.90. The maximum Gasteiger partial charge on any atom is 0.416 e. The molecule has 0 aromatic heterocycles. The Hall–Kier alpha value is -3.17. The zero-order chi connectivity index (χ0) is 26.0. The van der Waals surface area contributed by atoms with E-state index in [1.807, 2.05) is 43.3 Å². The summed E-state index contributed by atoms with van der Waals surface area (Å²) in [5.74, 6) is -0.349. The standard InChI is InChI=1S/C27H27F3N2O3S/c1-2-17-32-36(34,35)23-10-6-9-22(20-7-4-3-5-8-20)24(23)26(15-16-26)25(33)31-18-19-11-13-21(14-12-19)27(28,29)30/h3-14,32H,2,15-18H2,1H3,(H,31,33). The summed E-state index contributed by atoms with van der Waals surface area (Å²) >= 11 is 0. The quantitative estimate of drug-likeness (QED) is 0.400. The number of benzene rings is 3. The molecular formula is C27H27F3N2O3S. The van der Waals surface area contributed by atoms with E-state index in [9.17, 15) is 26.4 Å². The first kappa shape index (κ1) is 25.9. The van der Waals surface area contributed by atoms with Gasteiger partial charge >= 0.3 is 6.18 Å². The van der Waals surface area contributed by atoms with Gasteiger partial charge in [0.15, 0.2) is 0 Å². The fourth-order valence-electron chi connectivity index (χ4n) is 4.30. The Morgan fingerprint density at radius 3 is 2.19 bits per heavy atom. The van der Waals surface area contributed by atoms with Gasteiger partial charge in [-0.15, -0.1) is 0 Å². The first-order valence-electron chi connectivity index (χ1n) is 11.7. The van der Waals surface area contributed by atoms with E-state index in [0.717, 1.165) is 17.7 Å². The molecule has 3 aromatic rings. The Bertz CT molecular complexity index is 1330. The fourth-order valence-corrected chi connectivity index (χ4v) is 5.76. The van der Waals surface area contributed by atoms with Crippen LogP contribution in [-0.4, -0.2) is 20.9 Å². The van der Waals surface area contributed by atoms with Crippen LogP contribution in [0.3, 0.4) is 0 Å². The number of alkyl halides is 3. The van der Waals surface area contributed by atoms with Crippen LogP contribution in [0.25, 0.3) is 11.1 Å². The van der Waals surface area contributed by atoms with E-state index in [1.54, 1.807) is 6.07 Å². The molecule has 1 aliphatic carbocycles. The molecule has 0 heterocycles. The Balaban J connectivity index is 1.69. The Morgan fingerprint density at radius 2 is 1.61 bits per heavy atom. The zero-order valence-electron chi connectivity index (χ0n) is 19.7. The lowest BCUT2D eigenvalue weighted by Gasteiger charge is -2.23. The Morgan fingerprint density at radius 1 is 0.944 bits per heavy atom. The van der Waals surface area contributed by atoms with Crippen LogP contribution < -0.4 is 10.0 Å². The first-order chi connectivity index (χ1) is 17.1. The van der Waals surface area contributed by atoms with E-state index in [2.05, 4.69) is 10.0 Å². The number of carbonyl (C=O) groups excluding carboxylic acids is 1. The molecule has 0 aliphatic heterocycles. The van der Waals surface area contributed by atoms with Crippen LogP contribution >= 0.6 is 0 Å². The average molecular weight is 517 g/mol. The molecule has 1 amide bonds. The lowest BCUT2D eigenvalue weighted by molar-refractivity contribution is -0.137. The Kier molecular flexibility index (Phi) is 7.24. The van der Waals surface area contributed by atoms with Gasteiger partial charge in [-0.3, -0.25) is 4.79 Å². The van der Waals surface area contributed by atoms with Gasteiger partial charge in [-0.1, -0.05) is 61.5 Å². The lowest BCUT2D eigenvalue weighted by Crippen LogP contribution is -2.36. The maximum atomic E-state index is 13.5. The largest absolute Gasteiger partial charge is 0.416 e. The van der Waals surface area contributed by atoms with E-state index in [1.165, 1.54) is 18.2 Å². The molecule has 0 atom stereocenters. The first-order valence-corrected chi connectivity index (χ1v) is 13.2. The summed E-state index contributed by atoms with van der Waals surface area (Å²) in [6.45, 7) is 2.16. The molecule has 3 aromatic carbocycles. The van der Waals surface area contributed by atoms with E-state index in [-0.39, 0.29) is 23.9 Å². The molecule has 1 saturated carbocycles. The van der Waals surface area contributed by atoms with Gasteiger partial charge in [0, 0.05) is 13.1 Å². The summed E-state index contributed by atoms with van der Waals surface area (Å²) in [6, 6.07) is 18.9. The van der Waals surface area contributed by atoms with Gasteiger partial charge in [0.2, 0.25) is 15.9 Å². The number of hydrogen-bond donors (Lipinski definition) is 2. The molecule has 190 valence electrons. The summed E-state index contributed by atoms with van der Waals surface area (Å²) < 4.78 is 67.7. The molecule has 36 heavy (non-hydrogen) atoms. The minimum atomic E-state index is -4.44. The molecule has 0 spiro atoms. The smallest absolute Gasteiger partial charge is 0.351 e. The molecule has 0 bridgehead atoms. The highest BCUT2D eigenvalue weighted by molar-refractivity contribution is 7.89. The topological polar surface area (TPSA) is 75.3 Å². The van der Waals surface area contributed by atoms with Crippen LogP contribution in [0.2, 0.25) is 0 Å². The molecular weight excluding hydrogens is 489 g/mol. The highest BCUT2D eigenvalue weighted by Gasteiger charge is 2.54. The van der Waals surface area contributed by atoms with Gasteiger partial charge in [-0.2, -0.15) is 13.2 Å². The van der Waals surface area contributed by atoms with Gasteiger partial charge in [0.05, 0.1) is 15.9 Å². The van der Waals surface area contributed by atoms with Gasteiger partial charge in [0.1, 0.15) is 0 Å². The monoisotopic (exact) mass is 516 g/mol. The van der Waals surface area contributed by atoms with Gasteiger partial charge in [-0.05, 0) is 59.7 Å². The number of sulfonamides is 1. The predicted octanol–water partition coefficient (Wildman–Crippen LogP) is 5.41. The molecule has 2 N–H and O–H groups in total.